The van der Waals surface area contributed by atoms with Crippen LogP contribution in [0.3, 0.4) is 0 Å². The van der Waals surface area contributed by atoms with E-state index in [-0.39, 0.29) is 23.6 Å². The first-order valence-corrected chi connectivity index (χ1v) is 7.19. The molecule has 6 nitrogen and oxygen atoms in total. The topological polar surface area (TPSA) is 87.3 Å². The zero-order valence-corrected chi connectivity index (χ0v) is 13.1. The molecule has 6 heteroatoms. The van der Waals surface area contributed by atoms with E-state index in [1.807, 2.05) is 20.8 Å². The monoisotopic (exact) mass is 285 g/mol. The first-order valence-electron chi connectivity index (χ1n) is 7.19. The Labute approximate surface area is 121 Å². The molecule has 0 aromatic rings. The number of ketones is 1. The Bertz CT molecular complexity index is 341. The van der Waals surface area contributed by atoms with Gasteiger partial charge in [-0.15, -0.1) is 0 Å². The lowest BCUT2D eigenvalue weighted by atomic mass is 10.1. The minimum atomic E-state index is -0.613. The minimum Gasteiger partial charge on any atom is -0.345 e. The largest absolute Gasteiger partial charge is 0.345 e. The van der Waals surface area contributed by atoms with E-state index in [0.29, 0.717) is 19.3 Å². The van der Waals surface area contributed by atoms with E-state index in [9.17, 15) is 14.4 Å². The second-order valence-electron chi connectivity index (χ2n) is 4.80. The molecule has 0 aliphatic heterocycles. The maximum Gasteiger partial charge on any atom is 0.243 e. The molecule has 0 spiro atoms. The van der Waals surface area contributed by atoms with Gasteiger partial charge >= 0.3 is 0 Å². The van der Waals surface area contributed by atoms with Gasteiger partial charge in [0.05, 0.1) is 12.1 Å². The number of nitrogens with one attached hydrogen (secondary N) is 3. The molecule has 0 aliphatic carbocycles. The van der Waals surface area contributed by atoms with Crippen LogP contribution in [0.15, 0.2) is 0 Å². The van der Waals surface area contributed by atoms with Crippen LogP contribution >= 0.6 is 0 Å². The Balaban J connectivity index is 4.63. The van der Waals surface area contributed by atoms with Gasteiger partial charge in [-0.25, -0.2) is 0 Å². The third-order valence-electron chi connectivity index (χ3n) is 3.33. The highest BCUT2D eigenvalue weighted by Gasteiger charge is 2.25. The van der Waals surface area contributed by atoms with Gasteiger partial charge in [0.2, 0.25) is 11.8 Å². The summed E-state index contributed by atoms with van der Waals surface area (Å²) < 4.78 is 0. The van der Waals surface area contributed by atoms with Crippen molar-refractivity contribution in [3.63, 3.8) is 0 Å². The normalized spacial score (nSPS) is 15.1. The van der Waals surface area contributed by atoms with Gasteiger partial charge in [-0.3, -0.25) is 14.4 Å². The SMILES string of the molecule is CC[C@H](NC(=O)[C@H](CC)NC(=O)[C@H](CC)NC)C(C)=O. The molecule has 0 aliphatic rings. The maximum atomic E-state index is 12.1. The molecule has 0 unspecified atom stereocenters. The molecule has 0 aromatic heterocycles. The van der Waals surface area contributed by atoms with E-state index < -0.39 is 12.1 Å². The van der Waals surface area contributed by atoms with Crippen LogP contribution in [0.25, 0.3) is 0 Å². The van der Waals surface area contributed by atoms with Crippen molar-refractivity contribution in [2.75, 3.05) is 7.05 Å². The Morgan fingerprint density at radius 3 is 1.55 bits per heavy atom. The number of hydrogen-bond donors (Lipinski definition) is 3. The van der Waals surface area contributed by atoms with Crippen molar-refractivity contribution in [3.05, 3.63) is 0 Å². The van der Waals surface area contributed by atoms with Crippen LogP contribution in [0.4, 0.5) is 0 Å². The lowest BCUT2D eigenvalue weighted by Gasteiger charge is -2.22. The summed E-state index contributed by atoms with van der Waals surface area (Å²) in [6.07, 6.45) is 1.66. The molecule has 0 bridgehead atoms. The van der Waals surface area contributed by atoms with Crippen molar-refractivity contribution >= 4 is 17.6 Å². The summed E-state index contributed by atoms with van der Waals surface area (Å²) >= 11 is 0. The second kappa shape index (κ2) is 9.47. The average Bonchev–Trinajstić information content (AvgIpc) is 2.42. The van der Waals surface area contributed by atoms with Crippen LogP contribution in [-0.2, 0) is 14.4 Å². The van der Waals surface area contributed by atoms with Crippen molar-refractivity contribution in [3.8, 4) is 0 Å². The summed E-state index contributed by atoms with van der Waals surface area (Å²) in [5.41, 5.74) is 0. The van der Waals surface area contributed by atoms with Crippen LogP contribution in [0.1, 0.15) is 47.0 Å². The summed E-state index contributed by atoms with van der Waals surface area (Å²) in [6.45, 7) is 6.99. The van der Waals surface area contributed by atoms with Crippen LogP contribution in [0.5, 0.6) is 0 Å². The second-order valence-corrected chi connectivity index (χ2v) is 4.80. The molecule has 0 heterocycles. The summed E-state index contributed by atoms with van der Waals surface area (Å²) in [7, 11) is 1.71. The van der Waals surface area contributed by atoms with Gasteiger partial charge in [0.1, 0.15) is 6.04 Å². The molecule has 0 saturated carbocycles. The van der Waals surface area contributed by atoms with Gasteiger partial charge in [0.25, 0.3) is 0 Å². The molecule has 0 saturated heterocycles. The lowest BCUT2D eigenvalue weighted by Crippen LogP contribution is -2.54. The van der Waals surface area contributed by atoms with Gasteiger partial charge in [-0.05, 0) is 33.2 Å². The molecule has 0 rings (SSSR count). The van der Waals surface area contributed by atoms with Crippen LogP contribution in [0.2, 0.25) is 0 Å². The van der Waals surface area contributed by atoms with Crippen molar-refractivity contribution in [2.45, 2.75) is 65.1 Å². The van der Waals surface area contributed by atoms with E-state index in [4.69, 9.17) is 0 Å². The van der Waals surface area contributed by atoms with E-state index in [1.165, 1.54) is 6.92 Å². The van der Waals surface area contributed by atoms with Crippen molar-refractivity contribution in [2.24, 2.45) is 0 Å². The lowest BCUT2D eigenvalue weighted by molar-refractivity contribution is -0.131. The number of hydrogen-bond acceptors (Lipinski definition) is 4. The Hall–Kier alpha value is -1.43. The fraction of sp³-hybridized carbons (Fsp3) is 0.786. The standard InChI is InChI=1S/C14H27N3O3/c1-6-10(9(4)18)16-14(20)12(8-3)17-13(19)11(7-2)15-5/h10-12,15H,6-8H2,1-5H3,(H,16,20)(H,17,19)/t10-,11-,12-/m0/s1. The van der Waals surface area contributed by atoms with E-state index >= 15 is 0 Å². The first kappa shape index (κ1) is 18.6. The van der Waals surface area contributed by atoms with Crippen molar-refractivity contribution in [1.29, 1.82) is 0 Å². The number of carbonyl (C=O) groups excluding carboxylic acids is 3. The zero-order chi connectivity index (χ0) is 15.7. The van der Waals surface area contributed by atoms with E-state index in [0.717, 1.165) is 0 Å². The molecule has 3 N–H and O–H groups in total. The number of rotatable bonds is 9. The summed E-state index contributed by atoms with van der Waals surface area (Å²) in [5.74, 6) is -0.592. The van der Waals surface area contributed by atoms with E-state index in [2.05, 4.69) is 16.0 Å². The third-order valence-corrected chi connectivity index (χ3v) is 3.33. The molecular formula is C14H27N3O3. The van der Waals surface area contributed by atoms with E-state index in [1.54, 1.807) is 7.05 Å². The highest BCUT2D eigenvalue weighted by Crippen LogP contribution is 1.99. The Kier molecular flexibility index (Phi) is 8.79. The minimum absolute atomic E-state index is 0.0799. The molecule has 2 amide bonds. The number of Topliss-reactive ketones (excluding diaryl/α,β-unsaturated/α-hetero) is 1. The Morgan fingerprint density at radius 2 is 1.20 bits per heavy atom. The molecule has 20 heavy (non-hydrogen) atoms. The van der Waals surface area contributed by atoms with Crippen LogP contribution < -0.4 is 16.0 Å². The van der Waals surface area contributed by atoms with Crippen molar-refractivity contribution in [1.82, 2.24) is 16.0 Å². The maximum absolute atomic E-state index is 12.1. The van der Waals surface area contributed by atoms with Gasteiger partial charge in [0, 0.05) is 0 Å². The fourth-order valence-corrected chi connectivity index (χ4v) is 1.91. The van der Waals surface area contributed by atoms with Gasteiger partial charge in [-0.2, -0.15) is 0 Å². The summed E-state index contributed by atoms with van der Waals surface area (Å²) in [4.78, 5) is 35.4. The number of likely N-dealkylation sites (N-methyl/N-ethyl adjacent to an activating group) is 1. The average molecular weight is 285 g/mol. The quantitative estimate of drug-likeness (QED) is 0.571. The fourth-order valence-electron chi connectivity index (χ4n) is 1.91. The molecule has 0 aromatic carbocycles. The van der Waals surface area contributed by atoms with Gasteiger partial charge in [0.15, 0.2) is 5.78 Å². The number of carbonyl (C=O) groups is 3. The van der Waals surface area contributed by atoms with Gasteiger partial charge < -0.3 is 16.0 Å². The first-order chi connectivity index (χ1) is 9.40. The molecule has 3 atom stereocenters. The van der Waals surface area contributed by atoms with Gasteiger partial charge in [-0.1, -0.05) is 20.8 Å². The van der Waals surface area contributed by atoms with Crippen LogP contribution in [0, 0.1) is 0 Å². The zero-order valence-electron chi connectivity index (χ0n) is 13.1. The predicted molar refractivity (Wildman–Crippen MR) is 78.3 cm³/mol. The number of amides is 2. The van der Waals surface area contributed by atoms with Crippen LogP contribution in [-0.4, -0.2) is 42.8 Å². The van der Waals surface area contributed by atoms with Crippen molar-refractivity contribution < 1.29 is 14.4 Å². The highest BCUT2D eigenvalue weighted by molar-refractivity contribution is 5.92. The third kappa shape index (κ3) is 5.69. The Morgan fingerprint density at radius 1 is 0.800 bits per heavy atom. The summed E-state index contributed by atoms with van der Waals surface area (Å²) in [5, 5.41) is 8.28. The highest BCUT2D eigenvalue weighted by atomic mass is 16.2. The molecule has 0 fully saturated rings. The smallest absolute Gasteiger partial charge is 0.243 e. The molecular weight excluding hydrogens is 258 g/mol. The molecule has 116 valence electrons. The summed E-state index contributed by atoms with van der Waals surface area (Å²) in [6, 6.07) is -1.41. The molecule has 0 radical (unpaired) electrons. The predicted octanol–water partition coefficient (Wildman–Crippen LogP) is 0.363.